The second-order valence-electron chi connectivity index (χ2n) is 2.31. The van der Waals surface area contributed by atoms with E-state index >= 15 is 0 Å². The summed E-state index contributed by atoms with van der Waals surface area (Å²) < 4.78 is 42.0. The average molecular weight is 202 g/mol. The van der Waals surface area contributed by atoms with E-state index in [1.807, 2.05) is 0 Å². The van der Waals surface area contributed by atoms with Crippen LogP contribution in [0.15, 0.2) is 6.20 Å². The first kappa shape index (κ1) is 10.3. The molecule has 0 unspecified atom stereocenters. The minimum Gasteiger partial charge on any atom is -0.493 e. The van der Waals surface area contributed by atoms with Crippen LogP contribution in [0.25, 0.3) is 0 Å². The highest BCUT2D eigenvalue weighted by Crippen LogP contribution is 2.32. The third-order valence-corrected chi connectivity index (χ3v) is 1.55. The van der Waals surface area contributed by atoms with E-state index in [1.165, 1.54) is 6.07 Å². The molecule has 0 atom stereocenters. The van der Waals surface area contributed by atoms with E-state index in [0.29, 0.717) is 6.20 Å². The zero-order chi connectivity index (χ0) is 10.7. The molecule has 0 saturated heterocycles. The van der Waals surface area contributed by atoms with E-state index in [-0.39, 0.29) is 5.69 Å². The van der Waals surface area contributed by atoms with Crippen LogP contribution < -0.4 is 4.74 Å². The summed E-state index contributed by atoms with van der Waals surface area (Å²) in [7, 11) is 1.07. The lowest BCUT2D eigenvalue weighted by Crippen LogP contribution is -2.01. The first-order valence-corrected chi connectivity index (χ1v) is 3.52. The highest BCUT2D eigenvalue weighted by molar-refractivity contribution is 5.44. The average Bonchev–Trinajstić information content (AvgIpc) is 2.16. The van der Waals surface area contributed by atoms with Crippen LogP contribution in [0.4, 0.5) is 13.2 Å². The Bertz CT molecular complexity index is 387. The maximum absolute atomic E-state index is 12.9. The minimum absolute atomic E-state index is 0.357. The Morgan fingerprint density at radius 1 is 1.57 bits per heavy atom. The fourth-order valence-electron chi connectivity index (χ4n) is 0.975. The SMILES string of the molecule is COc1c(C#N)ncc(F)c1C(F)F. The number of ether oxygens (including phenoxy) is 1. The molecule has 14 heavy (non-hydrogen) atoms. The van der Waals surface area contributed by atoms with Gasteiger partial charge in [0, 0.05) is 0 Å². The van der Waals surface area contributed by atoms with Crippen molar-refractivity contribution >= 4 is 0 Å². The van der Waals surface area contributed by atoms with Crippen LogP contribution >= 0.6 is 0 Å². The van der Waals surface area contributed by atoms with E-state index in [9.17, 15) is 13.2 Å². The van der Waals surface area contributed by atoms with Gasteiger partial charge in [0.2, 0.25) is 0 Å². The Labute approximate surface area is 77.7 Å². The van der Waals surface area contributed by atoms with Crippen molar-refractivity contribution in [2.45, 2.75) is 6.43 Å². The number of nitrogens with zero attached hydrogens (tertiary/aromatic N) is 2. The molecule has 0 radical (unpaired) electrons. The van der Waals surface area contributed by atoms with Gasteiger partial charge >= 0.3 is 0 Å². The van der Waals surface area contributed by atoms with Crippen molar-refractivity contribution in [2.75, 3.05) is 7.11 Å². The van der Waals surface area contributed by atoms with Crippen LogP contribution in [0.5, 0.6) is 5.75 Å². The number of alkyl halides is 2. The van der Waals surface area contributed by atoms with Gasteiger partial charge in [-0.3, -0.25) is 0 Å². The Hall–Kier alpha value is -1.77. The molecule has 0 fully saturated rings. The molecule has 3 nitrogen and oxygen atoms in total. The lowest BCUT2D eigenvalue weighted by molar-refractivity contribution is 0.141. The van der Waals surface area contributed by atoms with Gasteiger partial charge in [-0.2, -0.15) is 5.26 Å². The summed E-state index contributed by atoms with van der Waals surface area (Å²) in [6.45, 7) is 0. The molecule has 1 aromatic heterocycles. The molecule has 0 bridgehead atoms. The summed E-state index contributed by atoms with van der Waals surface area (Å²) in [6, 6.07) is 1.53. The second kappa shape index (κ2) is 3.96. The first-order valence-electron chi connectivity index (χ1n) is 3.52. The van der Waals surface area contributed by atoms with E-state index < -0.39 is 23.6 Å². The van der Waals surface area contributed by atoms with Gasteiger partial charge in [-0.25, -0.2) is 18.2 Å². The third-order valence-electron chi connectivity index (χ3n) is 1.55. The summed E-state index contributed by atoms with van der Waals surface area (Å²) in [5.41, 5.74) is -1.29. The van der Waals surface area contributed by atoms with Gasteiger partial charge in [-0.05, 0) is 0 Å². The van der Waals surface area contributed by atoms with Crippen molar-refractivity contribution in [2.24, 2.45) is 0 Å². The highest BCUT2D eigenvalue weighted by atomic mass is 19.3. The number of methoxy groups -OCH3 is 1. The van der Waals surface area contributed by atoms with Gasteiger partial charge in [0.05, 0.1) is 13.3 Å². The lowest BCUT2D eigenvalue weighted by atomic mass is 10.2. The van der Waals surface area contributed by atoms with Crippen molar-refractivity contribution in [1.82, 2.24) is 4.98 Å². The van der Waals surface area contributed by atoms with Crippen LogP contribution in [0.2, 0.25) is 0 Å². The highest BCUT2D eigenvalue weighted by Gasteiger charge is 2.23. The Balaban J connectivity index is 3.45. The number of halogens is 3. The van der Waals surface area contributed by atoms with Gasteiger partial charge in [-0.1, -0.05) is 0 Å². The monoisotopic (exact) mass is 202 g/mol. The molecule has 6 heteroatoms. The van der Waals surface area contributed by atoms with Crippen LogP contribution in [0.3, 0.4) is 0 Å². The van der Waals surface area contributed by atoms with Crippen molar-refractivity contribution in [1.29, 1.82) is 5.26 Å². The van der Waals surface area contributed by atoms with Crippen LogP contribution in [0, 0.1) is 17.1 Å². The standard InChI is InChI=1S/C8H5F3N2O/c1-14-7-5(2-12)13-3-4(9)6(7)8(10)11/h3,8H,1H3. The molecular weight excluding hydrogens is 197 g/mol. The van der Waals surface area contributed by atoms with Gasteiger partial charge in [0.15, 0.2) is 17.3 Å². The normalized spacial score (nSPS) is 10.0. The summed E-state index contributed by atoms with van der Waals surface area (Å²) >= 11 is 0. The third kappa shape index (κ3) is 1.62. The summed E-state index contributed by atoms with van der Waals surface area (Å²) in [5.74, 6) is -1.70. The molecule has 0 aliphatic heterocycles. The van der Waals surface area contributed by atoms with E-state index in [4.69, 9.17) is 5.26 Å². The van der Waals surface area contributed by atoms with Gasteiger partial charge in [-0.15, -0.1) is 0 Å². The van der Waals surface area contributed by atoms with Gasteiger partial charge in [0.25, 0.3) is 6.43 Å². The molecule has 1 rings (SSSR count). The predicted molar refractivity (Wildman–Crippen MR) is 40.4 cm³/mol. The quantitative estimate of drug-likeness (QED) is 0.737. The van der Waals surface area contributed by atoms with Crippen LogP contribution in [-0.4, -0.2) is 12.1 Å². The second-order valence-corrected chi connectivity index (χ2v) is 2.31. The molecule has 74 valence electrons. The Kier molecular flexibility index (Phi) is 2.92. The summed E-state index contributed by atoms with van der Waals surface area (Å²) in [4.78, 5) is 3.32. The minimum atomic E-state index is -3.04. The fourth-order valence-corrected chi connectivity index (χ4v) is 0.975. The van der Waals surface area contributed by atoms with Gasteiger partial charge in [0.1, 0.15) is 11.6 Å². The molecule has 0 spiro atoms. The zero-order valence-electron chi connectivity index (χ0n) is 7.09. The zero-order valence-corrected chi connectivity index (χ0v) is 7.09. The first-order chi connectivity index (χ1) is 6.61. The molecule has 0 aromatic carbocycles. The Morgan fingerprint density at radius 2 is 2.21 bits per heavy atom. The number of aromatic nitrogens is 1. The molecule has 1 aromatic rings. The number of pyridine rings is 1. The van der Waals surface area contributed by atoms with E-state index in [2.05, 4.69) is 9.72 Å². The van der Waals surface area contributed by atoms with Crippen molar-refractivity contribution < 1.29 is 17.9 Å². The van der Waals surface area contributed by atoms with Crippen LogP contribution in [0.1, 0.15) is 17.7 Å². The van der Waals surface area contributed by atoms with Crippen molar-refractivity contribution in [3.63, 3.8) is 0 Å². The van der Waals surface area contributed by atoms with E-state index in [1.54, 1.807) is 0 Å². The Morgan fingerprint density at radius 3 is 2.64 bits per heavy atom. The van der Waals surface area contributed by atoms with Crippen molar-refractivity contribution in [3.8, 4) is 11.8 Å². The molecular formula is C8H5F3N2O. The maximum Gasteiger partial charge on any atom is 0.270 e. The van der Waals surface area contributed by atoms with Gasteiger partial charge < -0.3 is 4.74 Å². The topological polar surface area (TPSA) is 45.9 Å². The fraction of sp³-hybridized carbons (Fsp3) is 0.250. The molecule has 0 aliphatic carbocycles. The predicted octanol–water partition coefficient (Wildman–Crippen LogP) is 2.04. The molecule has 0 aliphatic rings. The molecule has 0 saturated carbocycles. The maximum atomic E-state index is 12.9. The number of hydrogen-bond acceptors (Lipinski definition) is 3. The number of nitriles is 1. The summed E-state index contributed by atoms with van der Waals surface area (Å²) in [5, 5.41) is 8.49. The summed E-state index contributed by atoms with van der Waals surface area (Å²) in [6.07, 6.45) is -2.47. The van der Waals surface area contributed by atoms with Crippen LogP contribution in [-0.2, 0) is 0 Å². The smallest absolute Gasteiger partial charge is 0.270 e. The molecule has 0 N–H and O–H groups in total. The largest absolute Gasteiger partial charge is 0.493 e. The molecule has 1 heterocycles. The van der Waals surface area contributed by atoms with Crippen molar-refractivity contribution in [3.05, 3.63) is 23.3 Å². The number of hydrogen-bond donors (Lipinski definition) is 0. The lowest BCUT2D eigenvalue weighted by Gasteiger charge is -2.08. The molecule has 0 amide bonds. The number of rotatable bonds is 2. The van der Waals surface area contributed by atoms with E-state index in [0.717, 1.165) is 7.11 Å².